The first-order valence-electron chi connectivity index (χ1n) is 10.2. The second kappa shape index (κ2) is 11.2. The minimum absolute atomic E-state index is 0.234. The molecule has 0 spiro atoms. The number of esters is 1. The van der Waals surface area contributed by atoms with Gasteiger partial charge in [-0.2, -0.15) is 0 Å². The fourth-order valence-corrected chi connectivity index (χ4v) is 4.67. The summed E-state index contributed by atoms with van der Waals surface area (Å²) in [4.78, 5) is 25.2. The molecule has 2 N–H and O–H groups in total. The van der Waals surface area contributed by atoms with Gasteiger partial charge in [0.1, 0.15) is 5.60 Å². The summed E-state index contributed by atoms with van der Waals surface area (Å²) in [6.45, 7) is 5.10. The summed E-state index contributed by atoms with van der Waals surface area (Å²) in [6, 6.07) is 18.4. The van der Waals surface area contributed by atoms with Crippen LogP contribution in [0.1, 0.15) is 38.3 Å². The smallest absolute Gasteiger partial charge is 0.407 e. The van der Waals surface area contributed by atoms with E-state index in [9.17, 15) is 14.7 Å². The first-order valence-corrected chi connectivity index (χ1v) is 11.2. The van der Waals surface area contributed by atoms with Crippen LogP contribution < -0.4 is 5.32 Å². The highest BCUT2D eigenvalue weighted by Gasteiger charge is 2.43. The number of thioether (sulfide) groups is 1. The monoisotopic (exact) mass is 445 g/mol. The summed E-state index contributed by atoms with van der Waals surface area (Å²) in [5.41, 5.74) is 0.983. The highest BCUT2D eigenvalue weighted by atomic mass is 32.2. The zero-order chi connectivity index (χ0) is 22.9. The number of aliphatic hydroxyl groups excluding tert-OH is 1. The van der Waals surface area contributed by atoms with Crippen molar-refractivity contribution in [2.75, 3.05) is 19.5 Å². The van der Waals surface area contributed by atoms with Crippen molar-refractivity contribution in [1.82, 2.24) is 5.32 Å². The van der Waals surface area contributed by atoms with E-state index in [0.29, 0.717) is 12.2 Å². The summed E-state index contributed by atoms with van der Waals surface area (Å²) in [5, 5.41) is 12.4. The molecule has 0 aliphatic rings. The van der Waals surface area contributed by atoms with Gasteiger partial charge in [0.25, 0.3) is 0 Å². The van der Waals surface area contributed by atoms with E-state index >= 15 is 0 Å². The average molecular weight is 446 g/mol. The lowest BCUT2D eigenvalue weighted by molar-refractivity contribution is -0.142. The van der Waals surface area contributed by atoms with Crippen LogP contribution in [-0.2, 0) is 19.0 Å². The van der Waals surface area contributed by atoms with Crippen molar-refractivity contribution in [3.63, 3.8) is 0 Å². The fourth-order valence-electron chi connectivity index (χ4n) is 3.16. The van der Waals surface area contributed by atoms with Crippen molar-refractivity contribution in [2.45, 2.75) is 43.6 Å². The van der Waals surface area contributed by atoms with Crippen LogP contribution in [0.5, 0.6) is 0 Å². The minimum Gasteiger partial charge on any atom is -0.467 e. The molecule has 6 nitrogen and oxygen atoms in total. The van der Waals surface area contributed by atoms with Crippen LogP contribution in [0.4, 0.5) is 4.79 Å². The number of carbonyl (C=O) groups excluding carboxylic acids is 2. The molecule has 2 aromatic rings. The molecule has 0 heterocycles. The Balaban J connectivity index is 2.24. The van der Waals surface area contributed by atoms with Crippen molar-refractivity contribution in [1.29, 1.82) is 0 Å². The van der Waals surface area contributed by atoms with E-state index in [4.69, 9.17) is 9.47 Å². The lowest BCUT2D eigenvalue weighted by atomic mass is 9.90. The molecule has 0 aromatic heterocycles. The number of aliphatic hydroxyl groups is 1. The summed E-state index contributed by atoms with van der Waals surface area (Å²) in [7, 11) is 1.38. The largest absolute Gasteiger partial charge is 0.467 e. The van der Waals surface area contributed by atoms with Crippen LogP contribution in [0.25, 0.3) is 0 Å². The van der Waals surface area contributed by atoms with E-state index in [0.717, 1.165) is 11.1 Å². The fraction of sp³-hybridized carbons (Fsp3) is 0.417. The molecule has 7 heteroatoms. The van der Waals surface area contributed by atoms with Crippen LogP contribution in [-0.4, -0.2) is 48.3 Å². The maximum atomic E-state index is 13.1. The Bertz CT molecular complexity index is 797. The summed E-state index contributed by atoms with van der Waals surface area (Å²) >= 11 is 1.41. The molecule has 1 amide bonds. The molecule has 0 bridgehead atoms. The summed E-state index contributed by atoms with van der Waals surface area (Å²) in [5.74, 6) is 0.107. The van der Waals surface area contributed by atoms with Gasteiger partial charge in [-0.05, 0) is 44.1 Å². The van der Waals surface area contributed by atoms with E-state index in [1.54, 1.807) is 20.8 Å². The third kappa shape index (κ3) is 6.74. The first kappa shape index (κ1) is 24.8. The van der Waals surface area contributed by atoms with E-state index in [1.807, 2.05) is 60.7 Å². The van der Waals surface area contributed by atoms with Crippen LogP contribution in [0, 0.1) is 0 Å². The van der Waals surface area contributed by atoms with E-state index in [2.05, 4.69) is 5.32 Å². The Morgan fingerprint density at radius 2 is 1.52 bits per heavy atom. The molecule has 1 atom stereocenters. The first-order chi connectivity index (χ1) is 14.7. The number of amides is 1. The summed E-state index contributed by atoms with van der Waals surface area (Å²) in [6.07, 6.45) is -0.138. The highest BCUT2D eigenvalue weighted by Crippen LogP contribution is 2.44. The number of hydrogen-bond acceptors (Lipinski definition) is 6. The Morgan fingerprint density at radius 3 is 1.94 bits per heavy atom. The topological polar surface area (TPSA) is 84.9 Å². The highest BCUT2D eigenvalue weighted by molar-refractivity contribution is 8.01. The van der Waals surface area contributed by atoms with Gasteiger partial charge in [-0.15, -0.1) is 11.8 Å². The molecule has 0 aliphatic carbocycles. The van der Waals surface area contributed by atoms with Crippen molar-refractivity contribution in [3.8, 4) is 0 Å². The molecular weight excluding hydrogens is 414 g/mol. The molecule has 0 aliphatic heterocycles. The maximum Gasteiger partial charge on any atom is 0.407 e. The van der Waals surface area contributed by atoms with Crippen LogP contribution in [0.3, 0.4) is 0 Å². The predicted octanol–water partition coefficient (Wildman–Crippen LogP) is 4.11. The van der Waals surface area contributed by atoms with Gasteiger partial charge in [0.2, 0.25) is 0 Å². The van der Waals surface area contributed by atoms with Gasteiger partial charge in [0.15, 0.2) is 4.75 Å². The Kier molecular flexibility index (Phi) is 8.95. The number of hydrogen-bond donors (Lipinski definition) is 2. The van der Waals surface area contributed by atoms with Gasteiger partial charge in [-0.1, -0.05) is 60.7 Å². The van der Waals surface area contributed by atoms with Gasteiger partial charge in [-0.3, -0.25) is 0 Å². The second-order valence-electron chi connectivity index (χ2n) is 8.07. The number of carbonyl (C=O) groups is 2. The second-order valence-corrected chi connectivity index (χ2v) is 9.38. The number of benzene rings is 2. The third-order valence-corrected chi connectivity index (χ3v) is 6.07. The van der Waals surface area contributed by atoms with Crippen molar-refractivity contribution < 1.29 is 24.2 Å². The van der Waals surface area contributed by atoms with Crippen LogP contribution >= 0.6 is 11.8 Å². The van der Waals surface area contributed by atoms with Gasteiger partial charge in [0, 0.05) is 0 Å². The molecule has 0 fully saturated rings. The zero-order valence-electron chi connectivity index (χ0n) is 18.5. The Hall–Kier alpha value is -2.51. The number of nitrogens with one attached hydrogen (secondary N) is 1. The zero-order valence-corrected chi connectivity index (χ0v) is 19.3. The van der Waals surface area contributed by atoms with E-state index in [-0.39, 0.29) is 12.6 Å². The molecular formula is C24H31NO5S. The van der Waals surface area contributed by atoms with E-state index < -0.39 is 22.5 Å². The molecule has 0 saturated heterocycles. The standard InChI is InChI=1S/C24H31NO5S/c1-23(2,3)30-22(28)25-20(17-26)15-16-31-24(21(27)29-4,18-11-7-5-8-12-18)19-13-9-6-10-14-19/h5-14,20,26H,15-17H2,1-4H3,(H,25,28)/t20-/m0/s1. The van der Waals surface area contributed by atoms with Crippen molar-refractivity contribution in [3.05, 3.63) is 71.8 Å². The van der Waals surface area contributed by atoms with Crippen molar-refractivity contribution >= 4 is 23.8 Å². The number of alkyl carbamates (subject to hydrolysis) is 1. The molecule has 168 valence electrons. The number of ether oxygens (including phenoxy) is 2. The van der Waals surface area contributed by atoms with Crippen LogP contribution in [0.15, 0.2) is 60.7 Å². The lowest BCUT2D eigenvalue weighted by Crippen LogP contribution is -2.42. The predicted molar refractivity (Wildman–Crippen MR) is 123 cm³/mol. The number of rotatable bonds is 9. The van der Waals surface area contributed by atoms with Gasteiger partial charge < -0.3 is 19.9 Å². The Labute approximate surface area is 188 Å². The SMILES string of the molecule is COC(=O)C(SCC[C@@H](CO)NC(=O)OC(C)(C)C)(c1ccccc1)c1ccccc1. The molecule has 0 radical (unpaired) electrons. The van der Waals surface area contributed by atoms with Gasteiger partial charge >= 0.3 is 12.1 Å². The average Bonchev–Trinajstić information content (AvgIpc) is 2.75. The van der Waals surface area contributed by atoms with E-state index in [1.165, 1.54) is 18.9 Å². The molecule has 2 aromatic carbocycles. The quantitative estimate of drug-likeness (QED) is 0.565. The van der Waals surface area contributed by atoms with Crippen molar-refractivity contribution in [2.24, 2.45) is 0 Å². The molecule has 2 rings (SSSR count). The van der Waals surface area contributed by atoms with Gasteiger partial charge in [-0.25, -0.2) is 9.59 Å². The number of methoxy groups -OCH3 is 1. The van der Waals surface area contributed by atoms with Crippen LogP contribution in [0.2, 0.25) is 0 Å². The normalized spacial score (nSPS) is 12.7. The molecule has 31 heavy (non-hydrogen) atoms. The minimum atomic E-state index is -1.07. The summed E-state index contributed by atoms with van der Waals surface area (Å²) < 4.78 is 9.43. The molecule has 0 saturated carbocycles. The Morgan fingerprint density at radius 1 is 1.00 bits per heavy atom. The maximum absolute atomic E-state index is 13.1. The van der Waals surface area contributed by atoms with Gasteiger partial charge in [0.05, 0.1) is 19.8 Å². The lowest BCUT2D eigenvalue weighted by Gasteiger charge is -2.32. The molecule has 0 unspecified atom stereocenters. The third-order valence-electron chi connectivity index (χ3n) is 4.56.